The van der Waals surface area contributed by atoms with Crippen LogP contribution in [-0.2, 0) is 11.3 Å². The molecule has 1 aliphatic rings. The second-order valence-electron chi connectivity index (χ2n) is 6.26. The summed E-state index contributed by atoms with van der Waals surface area (Å²) in [7, 11) is 0. The van der Waals surface area contributed by atoms with E-state index < -0.39 is 25.2 Å². The number of aliphatic hydroxyl groups is 1. The molecule has 26 heavy (non-hydrogen) atoms. The highest BCUT2D eigenvalue weighted by atomic mass is 19.4. The second-order valence-corrected chi connectivity index (χ2v) is 6.26. The van der Waals surface area contributed by atoms with Gasteiger partial charge in [0.15, 0.2) is 0 Å². The van der Waals surface area contributed by atoms with E-state index in [0.29, 0.717) is 5.75 Å². The summed E-state index contributed by atoms with van der Waals surface area (Å²) in [4.78, 5) is 11.1. The first-order chi connectivity index (χ1) is 11.9. The van der Waals surface area contributed by atoms with E-state index >= 15 is 0 Å². The van der Waals surface area contributed by atoms with Gasteiger partial charge in [-0.3, -0.25) is 4.90 Å². The summed E-state index contributed by atoms with van der Waals surface area (Å²) >= 11 is 0. The predicted octanol–water partition coefficient (Wildman–Crippen LogP) is 2.78. The maximum Gasteiger partial charge on any atom is 0.490 e. The Morgan fingerprint density at radius 2 is 1.77 bits per heavy atom. The van der Waals surface area contributed by atoms with E-state index in [2.05, 4.69) is 11.8 Å². The van der Waals surface area contributed by atoms with Crippen LogP contribution in [-0.4, -0.2) is 60.0 Å². The van der Waals surface area contributed by atoms with E-state index in [4.69, 9.17) is 19.7 Å². The average molecular weight is 385 g/mol. The first kappa shape index (κ1) is 22.1. The zero-order valence-electron chi connectivity index (χ0n) is 14.0. The molecule has 0 spiro atoms. The van der Waals surface area contributed by atoms with E-state index in [9.17, 15) is 22.0 Å². The van der Waals surface area contributed by atoms with E-state index in [-0.39, 0.29) is 12.0 Å². The molecule has 148 valence electrons. The van der Waals surface area contributed by atoms with Crippen LogP contribution < -0.4 is 4.74 Å². The van der Waals surface area contributed by atoms with Crippen molar-refractivity contribution in [2.75, 3.05) is 26.3 Å². The van der Waals surface area contributed by atoms with Crippen LogP contribution in [0.5, 0.6) is 5.75 Å². The van der Waals surface area contributed by atoms with Crippen LogP contribution in [0.2, 0.25) is 0 Å². The van der Waals surface area contributed by atoms with E-state index in [1.165, 1.54) is 0 Å². The molecule has 1 aromatic rings. The number of hydrogen-bond acceptors (Lipinski definition) is 4. The Bertz CT molecular complexity index is 571. The van der Waals surface area contributed by atoms with E-state index in [1.54, 1.807) is 12.1 Å². The summed E-state index contributed by atoms with van der Waals surface area (Å²) < 4.78 is 60.6. The standard InChI is InChI=1S/C14H19F2NO2.C2HF3O2/c1-14(10-18)8-17(9-14)6-11-2-4-12(5-3-11)19-7-13(15)16;3-2(4,5)1(6)7/h2-5,13,18H,6-10H2,1H3;(H,6,7). The van der Waals surface area contributed by atoms with Crippen LogP contribution in [0.25, 0.3) is 0 Å². The normalized spacial score (nSPS) is 16.5. The van der Waals surface area contributed by atoms with Crippen molar-refractivity contribution in [2.45, 2.75) is 26.1 Å². The van der Waals surface area contributed by atoms with Crippen molar-refractivity contribution in [1.82, 2.24) is 4.90 Å². The highest BCUT2D eigenvalue weighted by molar-refractivity contribution is 5.73. The van der Waals surface area contributed by atoms with E-state index in [1.807, 2.05) is 12.1 Å². The first-order valence-electron chi connectivity index (χ1n) is 7.58. The average Bonchev–Trinajstić information content (AvgIpc) is 2.52. The number of halogens is 5. The van der Waals surface area contributed by atoms with Gasteiger partial charge in [0, 0.05) is 25.0 Å². The van der Waals surface area contributed by atoms with Crippen molar-refractivity contribution in [3.63, 3.8) is 0 Å². The summed E-state index contributed by atoms with van der Waals surface area (Å²) in [6.45, 7) is 4.28. The van der Waals surface area contributed by atoms with Crippen LogP contribution in [0.4, 0.5) is 22.0 Å². The molecule has 0 atom stereocenters. The fourth-order valence-electron chi connectivity index (χ4n) is 2.35. The van der Waals surface area contributed by atoms with Crippen LogP contribution >= 0.6 is 0 Å². The summed E-state index contributed by atoms with van der Waals surface area (Å²) in [5.41, 5.74) is 1.14. The Hall–Kier alpha value is -1.94. The van der Waals surface area contributed by atoms with Gasteiger partial charge in [-0.2, -0.15) is 13.2 Å². The van der Waals surface area contributed by atoms with Crippen molar-refractivity contribution in [3.05, 3.63) is 29.8 Å². The highest BCUT2D eigenvalue weighted by Gasteiger charge is 2.38. The summed E-state index contributed by atoms with van der Waals surface area (Å²) in [6.07, 6.45) is -7.53. The largest absolute Gasteiger partial charge is 0.490 e. The Labute approximate surface area is 147 Å². The van der Waals surface area contributed by atoms with Gasteiger partial charge < -0.3 is 14.9 Å². The molecule has 0 aliphatic carbocycles. The molecule has 0 aromatic heterocycles. The third kappa shape index (κ3) is 7.52. The number of likely N-dealkylation sites (tertiary alicyclic amines) is 1. The van der Waals surface area contributed by atoms with Crippen molar-refractivity contribution in [2.24, 2.45) is 5.41 Å². The van der Waals surface area contributed by atoms with Gasteiger partial charge in [0.25, 0.3) is 6.43 Å². The molecule has 0 bridgehead atoms. The lowest BCUT2D eigenvalue weighted by molar-refractivity contribution is -0.192. The number of hydrogen-bond donors (Lipinski definition) is 2. The molecule has 1 aromatic carbocycles. The molecular weight excluding hydrogens is 365 g/mol. The van der Waals surface area contributed by atoms with Gasteiger partial charge >= 0.3 is 12.1 Å². The molecule has 1 aliphatic heterocycles. The number of benzene rings is 1. The zero-order valence-corrected chi connectivity index (χ0v) is 14.0. The third-order valence-corrected chi connectivity index (χ3v) is 3.54. The molecule has 2 N–H and O–H groups in total. The Morgan fingerprint density at radius 1 is 1.27 bits per heavy atom. The van der Waals surface area contributed by atoms with Gasteiger partial charge in [-0.15, -0.1) is 0 Å². The molecule has 1 saturated heterocycles. The molecule has 1 fully saturated rings. The molecule has 0 amide bonds. The summed E-state index contributed by atoms with van der Waals surface area (Å²) in [5, 5.41) is 16.3. The second kappa shape index (κ2) is 9.13. The number of carbonyl (C=O) groups is 1. The molecule has 0 saturated carbocycles. The molecule has 5 nitrogen and oxygen atoms in total. The maximum atomic E-state index is 12.0. The zero-order chi connectivity index (χ0) is 20.0. The van der Waals surface area contributed by atoms with Crippen molar-refractivity contribution in [3.8, 4) is 5.75 Å². The number of rotatable bonds is 6. The van der Waals surface area contributed by atoms with Gasteiger partial charge in [0.05, 0.1) is 6.61 Å². The molecule has 0 unspecified atom stereocenters. The van der Waals surface area contributed by atoms with Crippen molar-refractivity contribution < 1.29 is 41.7 Å². The number of carboxylic acids is 1. The van der Waals surface area contributed by atoms with Gasteiger partial charge in [0.2, 0.25) is 0 Å². The quantitative estimate of drug-likeness (QED) is 0.737. The first-order valence-corrected chi connectivity index (χ1v) is 7.58. The molecule has 10 heteroatoms. The Balaban J connectivity index is 0.000000412. The number of carboxylic acid groups (broad SMARTS) is 1. The molecule has 0 radical (unpaired) electrons. The predicted molar refractivity (Wildman–Crippen MR) is 82.1 cm³/mol. The number of aliphatic hydroxyl groups excluding tert-OH is 1. The van der Waals surface area contributed by atoms with E-state index in [0.717, 1.165) is 25.2 Å². The number of nitrogens with zero attached hydrogens (tertiary/aromatic N) is 1. The van der Waals surface area contributed by atoms with Gasteiger partial charge in [-0.1, -0.05) is 19.1 Å². The number of ether oxygens (including phenoxy) is 1. The molecule has 1 heterocycles. The van der Waals surface area contributed by atoms with Crippen LogP contribution in [0.1, 0.15) is 12.5 Å². The van der Waals surface area contributed by atoms with Crippen molar-refractivity contribution >= 4 is 5.97 Å². The summed E-state index contributed by atoms with van der Waals surface area (Å²) in [5.74, 6) is -2.29. The Morgan fingerprint density at radius 3 is 2.15 bits per heavy atom. The fraction of sp³-hybridized carbons (Fsp3) is 0.562. The molecular formula is C16H20F5NO4. The smallest absolute Gasteiger partial charge is 0.488 e. The van der Waals surface area contributed by atoms with Crippen LogP contribution in [0.3, 0.4) is 0 Å². The highest BCUT2D eigenvalue weighted by Crippen LogP contribution is 2.30. The lowest BCUT2D eigenvalue weighted by Crippen LogP contribution is -2.55. The summed E-state index contributed by atoms with van der Waals surface area (Å²) in [6, 6.07) is 7.19. The maximum absolute atomic E-state index is 12.0. The van der Waals surface area contributed by atoms with Gasteiger partial charge in [-0.25, -0.2) is 13.6 Å². The minimum atomic E-state index is -5.08. The van der Waals surface area contributed by atoms with Crippen molar-refractivity contribution in [1.29, 1.82) is 0 Å². The monoisotopic (exact) mass is 385 g/mol. The minimum Gasteiger partial charge on any atom is -0.488 e. The third-order valence-electron chi connectivity index (χ3n) is 3.54. The van der Waals surface area contributed by atoms with Gasteiger partial charge in [0.1, 0.15) is 12.4 Å². The van der Waals surface area contributed by atoms with Crippen LogP contribution in [0.15, 0.2) is 24.3 Å². The minimum absolute atomic E-state index is 0.0281. The topological polar surface area (TPSA) is 70.0 Å². The Kier molecular flexibility index (Phi) is 7.76. The van der Waals surface area contributed by atoms with Crippen LogP contribution in [0, 0.1) is 5.41 Å². The fourth-order valence-corrected chi connectivity index (χ4v) is 2.35. The molecule has 2 rings (SSSR count). The SMILES string of the molecule is CC1(CO)CN(Cc2ccc(OCC(F)F)cc2)C1.O=C(O)C(F)(F)F. The number of alkyl halides is 5. The number of aliphatic carboxylic acids is 1. The lowest BCUT2D eigenvalue weighted by Gasteiger charge is -2.47. The van der Waals surface area contributed by atoms with Gasteiger partial charge in [-0.05, 0) is 17.7 Å². The lowest BCUT2D eigenvalue weighted by atomic mass is 9.83.